The van der Waals surface area contributed by atoms with Gasteiger partial charge in [0.05, 0.1) is 45.7 Å². The molecule has 0 aliphatic heterocycles. The summed E-state index contributed by atoms with van der Waals surface area (Å²) in [5.41, 5.74) is 5.18. The van der Waals surface area contributed by atoms with Gasteiger partial charge in [0.1, 0.15) is 0 Å². The van der Waals surface area contributed by atoms with Gasteiger partial charge in [-0.3, -0.25) is 9.10 Å². The lowest BCUT2D eigenvalue weighted by molar-refractivity contribution is 0.0962. The minimum Gasteiger partial charge on any atom is -0.348 e. The molecule has 5 aromatic rings. The second-order valence-electron chi connectivity index (χ2n) is 11.5. The number of fused-ring (bicyclic) bond motifs is 1. The number of amides is 1. The van der Waals surface area contributed by atoms with Crippen LogP contribution in [-0.2, 0) is 23.1 Å². The van der Waals surface area contributed by atoms with Crippen LogP contribution >= 0.6 is 11.3 Å². The maximum Gasteiger partial charge on any atom is 0.264 e. The van der Waals surface area contributed by atoms with Crippen LogP contribution in [0.2, 0.25) is 0 Å². The van der Waals surface area contributed by atoms with E-state index in [1.54, 1.807) is 67.1 Å². The molecule has 0 radical (unpaired) electrons. The Morgan fingerprint density at radius 2 is 1.79 bits per heavy atom. The number of imidazole rings is 1. The summed E-state index contributed by atoms with van der Waals surface area (Å²) in [4.78, 5) is 18.2. The first-order valence-electron chi connectivity index (χ1n) is 15.3. The number of hydrogen-bond acceptors (Lipinski definition) is 6. The summed E-state index contributed by atoms with van der Waals surface area (Å²) in [6.07, 6.45) is 9.48. The van der Waals surface area contributed by atoms with Crippen LogP contribution in [0.25, 0.3) is 10.1 Å². The molecule has 1 amide bonds. The Balaban J connectivity index is 1.45. The van der Waals surface area contributed by atoms with Crippen LogP contribution in [0.5, 0.6) is 0 Å². The first kappa shape index (κ1) is 33.4. The number of nitriles is 1. The van der Waals surface area contributed by atoms with E-state index >= 15 is 0 Å². The Morgan fingerprint density at radius 1 is 1.02 bits per heavy atom. The van der Waals surface area contributed by atoms with E-state index in [1.807, 2.05) is 34.9 Å². The molecule has 0 unspecified atom stereocenters. The molecule has 2 aromatic heterocycles. The minimum atomic E-state index is -4.02. The fourth-order valence-corrected chi connectivity index (χ4v) is 7.62. The number of benzene rings is 3. The van der Waals surface area contributed by atoms with E-state index in [1.165, 1.54) is 26.8 Å². The molecule has 0 saturated heterocycles. The number of thiophene rings is 1. The molecule has 3 aromatic carbocycles. The third-order valence-corrected chi connectivity index (χ3v) is 10.6. The van der Waals surface area contributed by atoms with Gasteiger partial charge in [-0.15, -0.1) is 11.3 Å². The van der Waals surface area contributed by atoms with Crippen LogP contribution in [0.4, 0.5) is 5.69 Å². The molecule has 0 aliphatic rings. The third-order valence-electron chi connectivity index (χ3n) is 7.71. The lowest BCUT2D eigenvalue weighted by atomic mass is 10.1. The fourth-order valence-electron chi connectivity index (χ4n) is 5.14. The molecular weight excluding hydrogens is 627 g/mol. The van der Waals surface area contributed by atoms with Gasteiger partial charge in [-0.1, -0.05) is 59.7 Å². The number of carbonyl (C=O) groups excluding carboxylic acids is 1. The summed E-state index contributed by atoms with van der Waals surface area (Å²) >= 11 is 1.33. The quantitative estimate of drug-likeness (QED) is 0.129. The number of nitrogens with one attached hydrogen (secondary N) is 1. The summed E-state index contributed by atoms with van der Waals surface area (Å²) < 4.78 is 32.7. The SMILES string of the molecule is CC(C)=CCC/C(C)=C/CNC(=O)c1cc2c(N(Cc3cncn3Cc3ccc(C#N)cc3)S(=O)(=O)c3ccccc3)cccc2s1. The molecule has 0 fully saturated rings. The van der Waals surface area contributed by atoms with E-state index in [-0.39, 0.29) is 17.3 Å². The highest BCUT2D eigenvalue weighted by Gasteiger charge is 2.28. The topological polar surface area (TPSA) is 108 Å². The van der Waals surface area contributed by atoms with Crippen molar-refractivity contribution in [3.8, 4) is 6.07 Å². The van der Waals surface area contributed by atoms with E-state index in [9.17, 15) is 13.2 Å². The third kappa shape index (κ3) is 8.25. The van der Waals surface area contributed by atoms with Gasteiger partial charge in [-0.2, -0.15) is 5.26 Å². The van der Waals surface area contributed by atoms with E-state index < -0.39 is 10.0 Å². The highest BCUT2D eigenvalue weighted by Crippen LogP contribution is 2.37. The lowest BCUT2D eigenvalue weighted by Gasteiger charge is -2.26. The fraction of sp³-hybridized carbons (Fsp3) is 0.216. The van der Waals surface area contributed by atoms with E-state index in [2.05, 4.69) is 43.2 Å². The van der Waals surface area contributed by atoms with Gasteiger partial charge in [0.25, 0.3) is 15.9 Å². The standard InChI is InChI=1S/C37H37N5O3S2/c1-27(2)9-7-10-28(3)19-20-40-37(43)36-21-33-34(13-8-14-35(33)46-36)42(47(44,45)32-11-5-4-6-12-32)25-31-23-39-26-41(31)24-30-17-15-29(22-38)16-18-30/h4-6,8-9,11-19,21,23,26H,7,10,20,24-25H2,1-3H3,(H,40,43)/b28-19+. The predicted octanol–water partition coefficient (Wildman–Crippen LogP) is 7.84. The molecule has 1 N–H and O–H groups in total. The van der Waals surface area contributed by atoms with Crippen LogP contribution in [-0.4, -0.2) is 30.4 Å². The Morgan fingerprint density at radius 3 is 2.51 bits per heavy atom. The normalized spacial score (nSPS) is 11.7. The van der Waals surface area contributed by atoms with Crippen LogP contribution in [0.3, 0.4) is 0 Å². The second kappa shape index (κ2) is 15.1. The van der Waals surface area contributed by atoms with Gasteiger partial charge in [0, 0.05) is 29.4 Å². The van der Waals surface area contributed by atoms with Gasteiger partial charge in [-0.25, -0.2) is 13.4 Å². The largest absolute Gasteiger partial charge is 0.348 e. The van der Waals surface area contributed by atoms with Crippen molar-refractivity contribution in [3.05, 3.63) is 136 Å². The lowest BCUT2D eigenvalue weighted by Crippen LogP contribution is -2.31. The highest BCUT2D eigenvalue weighted by molar-refractivity contribution is 7.92. The molecule has 0 saturated carbocycles. The van der Waals surface area contributed by atoms with Crippen molar-refractivity contribution >= 4 is 43.0 Å². The molecular formula is C37H37N5O3S2. The number of hydrogen-bond donors (Lipinski definition) is 1. The van der Waals surface area contributed by atoms with Crippen molar-refractivity contribution in [2.75, 3.05) is 10.8 Å². The molecule has 8 nitrogen and oxygen atoms in total. The number of anilines is 1. The van der Waals surface area contributed by atoms with Crippen molar-refractivity contribution < 1.29 is 13.2 Å². The molecule has 0 atom stereocenters. The summed E-state index contributed by atoms with van der Waals surface area (Å²) in [5.74, 6) is -0.205. The summed E-state index contributed by atoms with van der Waals surface area (Å²) in [5, 5.41) is 12.8. The van der Waals surface area contributed by atoms with Gasteiger partial charge >= 0.3 is 0 Å². The first-order valence-corrected chi connectivity index (χ1v) is 17.6. The van der Waals surface area contributed by atoms with Crippen molar-refractivity contribution in [1.29, 1.82) is 5.26 Å². The van der Waals surface area contributed by atoms with E-state index in [4.69, 9.17) is 5.26 Å². The zero-order valence-corrected chi connectivity index (χ0v) is 28.3. The highest BCUT2D eigenvalue weighted by atomic mass is 32.2. The Bertz CT molecular complexity index is 2070. The minimum absolute atomic E-state index is 0.0147. The first-order chi connectivity index (χ1) is 22.7. The van der Waals surface area contributed by atoms with Crippen molar-refractivity contribution in [2.24, 2.45) is 0 Å². The van der Waals surface area contributed by atoms with Crippen LogP contribution in [0.1, 0.15) is 60.1 Å². The number of sulfonamides is 1. The van der Waals surface area contributed by atoms with Gasteiger partial charge in [0.2, 0.25) is 0 Å². The van der Waals surface area contributed by atoms with Gasteiger partial charge in [0.15, 0.2) is 0 Å². The summed E-state index contributed by atoms with van der Waals surface area (Å²) in [7, 11) is -4.02. The average molecular weight is 664 g/mol. The molecule has 0 aliphatic carbocycles. The Labute approximate surface area is 280 Å². The van der Waals surface area contributed by atoms with Crippen LogP contribution in [0.15, 0.2) is 120 Å². The predicted molar refractivity (Wildman–Crippen MR) is 189 cm³/mol. The van der Waals surface area contributed by atoms with Crippen LogP contribution < -0.4 is 9.62 Å². The van der Waals surface area contributed by atoms with E-state index in [0.29, 0.717) is 40.3 Å². The summed E-state index contributed by atoms with van der Waals surface area (Å²) in [6.45, 7) is 7.12. The maximum atomic E-state index is 14.3. The Hall–Kier alpha value is -4.98. The van der Waals surface area contributed by atoms with Crippen molar-refractivity contribution in [2.45, 2.75) is 51.6 Å². The zero-order valence-electron chi connectivity index (χ0n) is 26.7. The molecule has 0 spiro atoms. The van der Waals surface area contributed by atoms with E-state index in [0.717, 1.165) is 23.1 Å². The second-order valence-corrected chi connectivity index (χ2v) is 14.5. The molecule has 5 rings (SSSR count). The average Bonchev–Trinajstić information content (AvgIpc) is 3.71. The number of rotatable bonds is 13. The number of nitrogens with zero attached hydrogens (tertiary/aromatic N) is 4. The smallest absolute Gasteiger partial charge is 0.264 e. The molecule has 2 heterocycles. The molecule has 10 heteroatoms. The number of carbonyl (C=O) groups is 1. The maximum absolute atomic E-state index is 14.3. The molecule has 47 heavy (non-hydrogen) atoms. The van der Waals surface area contributed by atoms with Gasteiger partial charge < -0.3 is 9.88 Å². The van der Waals surface area contributed by atoms with Crippen molar-refractivity contribution in [1.82, 2.24) is 14.9 Å². The zero-order chi connectivity index (χ0) is 33.4. The molecule has 0 bridgehead atoms. The Kier molecular flexibility index (Phi) is 10.7. The number of aromatic nitrogens is 2. The van der Waals surface area contributed by atoms with Crippen LogP contribution in [0, 0.1) is 11.3 Å². The summed E-state index contributed by atoms with van der Waals surface area (Å²) in [6, 6.07) is 25.0. The van der Waals surface area contributed by atoms with Crippen molar-refractivity contribution in [3.63, 3.8) is 0 Å². The number of allylic oxidation sites excluding steroid dienone is 3. The van der Waals surface area contributed by atoms with Gasteiger partial charge in [-0.05, 0) is 81.6 Å². The molecule has 240 valence electrons. The monoisotopic (exact) mass is 663 g/mol.